The summed E-state index contributed by atoms with van der Waals surface area (Å²) in [7, 11) is 0. The van der Waals surface area contributed by atoms with Crippen LogP contribution < -0.4 is 0 Å². The van der Waals surface area contributed by atoms with Crippen molar-refractivity contribution in [3.63, 3.8) is 0 Å². The molecule has 0 radical (unpaired) electrons. The first-order valence-corrected chi connectivity index (χ1v) is 8.39. The molecule has 0 bridgehead atoms. The molecule has 3 heterocycles. The van der Waals surface area contributed by atoms with Crippen LogP contribution in [0.4, 0.5) is 0 Å². The van der Waals surface area contributed by atoms with E-state index < -0.39 is 0 Å². The summed E-state index contributed by atoms with van der Waals surface area (Å²) >= 11 is 0. The Hall–Kier alpha value is -2.03. The van der Waals surface area contributed by atoms with E-state index in [1.54, 1.807) is 0 Å². The molecule has 3 nitrogen and oxygen atoms in total. The molecule has 2 aromatic rings. The zero-order valence-electron chi connectivity index (χ0n) is 12.6. The molecule has 1 fully saturated rings. The molecule has 112 valence electrons. The lowest BCUT2D eigenvalue weighted by Gasteiger charge is -2.27. The van der Waals surface area contributed by atoms with Gasteiger partial charge in [-0.05, 0) is 37.3 Å². The minimum absolute atomic E-state index is 0.201. The van der Waals surface area contributed by atoms with Crippen molar-refractivity contribution in [2.24, 2.45) is 11.8 Å². The Morgan fingerprint density at radius 2 is 2.00 bits per heavy atom. The summed E-state index contributed by atoms with van der Waals surface area (Å²) < 4.78 is 0. The average molecular weight is 292 g/mol. The first-order chi connectivity index (χ1) is 10.8. The number of fused-ring (bicyclic) bond motifs is 7. The van der Waals surface area contributed by atoms with Crippen LogP contribution in [-0.4, -0.2) is 22.3 Å². The van der Waals surface area contributed by atoms with Crippen LogP contribution >= 0.6 is 0 Å². The van der Waals surface area contributed by atoms with Crippen molar-refractivity contribution in [1.82, 2.24) is 9.88 Å². The number of benzene rings is 1. The highest BCUT2D eigenvalue weighted by Crippen LogP contribution is 2.49. The molecule has 0 unspecified atom stereocenters. The maximum atomic E-state index is 12.8. The number of hydrogen-bond acceptors (Lipinski definition) is 1. The van der Waals surface area contributed by atoms with Crippen LogP contribution in [-0.2, 0) is 11.2 Å². The lowest BCUT2D eigenvalue weighted by atomic mass is 9.80. The molecule has 3 atom stereocenters. The third-order valence-corrected chi connectivity index (χ3v) is 5.79. The van der Waals surface area contributed by atoms with Gasteiger partial charge in [-0.3, -0.25) is 4.79 Å². The normalized spacial score (nSPS) is 30.1. The quantitative estimate of drug-likeness (QED) is 0.740. The van der Waals surface area contributed by atoms with Gasteiger partial charge in [0.05, 0.1) is 6.04 Å². The predicted octanol–water partition coefficient (Wildman–Crippen LogP) is 3.58. The largest absolute Gasteiger partial charge is 0.356 e. The molecule has 1 aliphatic carbocycles. The van der Waals surface area contributed by atoms with Crippen molar-refractivity contribution in [2.75, 3.05) is 6.54 Å². The maximum absolute atomic E-state index is 12.8. The molecule has 2 aliphatic heterocycles. The van der Waals surface area contributed by atoms with E-state index in [0.717, 1.165) is 32.2 Å². The minimum atomic E-state index is 0.201. The number of nitrogens with zero attached hydrogens (tertiary/aromatic N) is 1. The lowest BCUT2D eigenvalue weighted by molar-refractivity contribution is -0.132. The number of hydrogen-bond donors (Lipinski definition) is 1. The number of allylic oxidation sites excluding steroid dienone is 2. The van der Waals surface area contributed by atoms with Crippen LogP contribution in [0.3, 0.4) is 0 Å². The van der Waals surface area contributed by atoms with Crippen LogP contribution in [0.1, 0.15) is 36.6 Å². The number of rotatable bonds is 0. The maximum Gasteiger partial charge on any atom is 0.226 e. The van der Waals surface area contributed by atoms with Crippen LogP contribution in [0.25, 0.3) is 10.9 Å². The monoisotopic (exact) mass is 292 g/mol. The fraction of sp³-hybridized carbons (Fsp3) is 0.421. The van der Waals surface area contributed by atoms with Crippen LogP contribution in [0.5, 0.6) is 0 Å². The summed E-state index contributed by atoms with van der Waals surface area (Å²) in [6.45, 7) is 0.910. The van der Waals surface area contributed by atoms with Gasteiger partial charge in [0, 0.05) is 35.0 Å². The van der Waals surface area contributed by atoms with Gasteiger partial charge in [-0.15, -0.1) is 0 Å². The number of aromatic nitrogens is 1. The molecule has 1 aromatic carbocycles. The van der Waals surface area contributed by atoms with Crippen molar-refractivity contribution in [1.29, 1.82) is 0 Å². The number of H-pyrrole nitrogens is 1. The summed E-state index contributed by atoms with van der Waals surface area (Å²) in [5.74, 6) is 1.03. The molecule has 1 saturated heterocycles. The Labute approximate surface area is 130 Å². The van der Waals surface area contributed by atoms with Gasteiger partial charge in [0.1, 0.15) is 0 Å². The highest BCUT2D eigenvalue weighted by molar-refractivity contribution is 5.87. The van der Waals surface area contributed by atoms with E-state index in [0.29, 0.717) is 11.8 Å². The van der Waals surface area contributed by atoms with E-state index >= 15 is 0 Å². The molecule has 0 spiro atoms. The smallest absolute Gasteiger partial charge is 0.226 e. The fourth-order valence-electron chi connectivity index (χ4n) is 4.84. The van der Waals surface area contributed by atoms with Crippen molar-refractivity contribution >= 4 is 16.8 Å². The molecule has 1 amide bonds. The first-order valence-electron chi connectivity index (χ1n) is 8.39. The molecule has 22 heavy (non-hydrogen) atoms. The van der Waals surface area contributed by atoms with Crippen molar-refractivity contribution in [2.45, 2.75) is 31.7 Å². The van der Waals surface area contributed by atoms with E-state index in [1.807, 2.05) is 0 Å². The van der Waals surface area contributed by atoms with Gasteiger partial charge >= 0.3 is 0 Å². The highest BCUT2D eigenvalue weighted by atomic mass is 16.2. The Morgan fingerprint density at radius 1 is 1.14 bits per heavy atom. The van der Waals surface area contributed by atoms with Gasteiger partial charge < -0.3 is 9.88 Å². The second-order valence-corrected chi connectivity index (χ2v) is 6.86. The Bertz CT molecular complexity index is 788. The second kappa shape index (κ2) is 4.48. The standard InChI is InChI=1S/C19H20N2O/c22-19-15-8-2-1-7-14(15)18-17-13(9-5-11-21(18)19)12-6-3-4-10-16(12)20-17/h1-4,6,10,14-15,18,20H,5,7-9,11H2/t14-,15-,18-/m1/s1. The molecular weight excluding hydrogens is 272 g/mol. The minimum Gasteiger partial charge on any atom is -0.356 e. The van der Waals surface area contributed by atoms with Crippen molar-refractivity contribution in [3.05, 3.63) is 47.7 Å². The molecule has 1 aromatic heterocycles. The first kappa shape index (κ1) is 12.5. The molecule has 5 rings (SSSR count). The molecule has 0 saturated carbocycles. The molecule has 3 heteroatoms. The van der Waals surface area contributed by atoms with Gasteiger partial charge in [-0.25, -0.2) is 0 Å². The van der Waals surface area contributed by atoms with E-state index in [-0.39, 0.29) is 12.0 Å². The Balaban J connectivity index is 1.72. The van der Waals surface area contributed by atoms with Gasteiger partial charge in [-0.1, -0.05) is 30.4 Å². The molecule has 3 aliphatic rings. The van der Waals surface area contributed by atoms with Crippen molar-refractivity contribution in [3.8, 4) is 0 Å². The number of aromatic amines is 1. The number of carbonyl (C=O) groups excluding carboxylic acids is 1. The topological polar surface area (TPSA) is 36.1 Å². The summed E-state index contributed by atoms with van der Waals surface area (Å²) in [6.07, 6.45) is 8.57. The highest BCUT2D eigenvalue weighted by Gasteiger charge is 2.49. The average Bonchev–Trinajstić information content (AvgIpc) is 2.97. The predicted molar refractivity (Wildman–Crippen MR) is 86.4 cm³/mol. The van der Waals surface area contributed by atoms with Gasteiger partial charge in [0.25, 0.3) is 0 Å². The Kier molecular flexibility index (Phi) is 2.55. The summed E-state index contributed by atoms with van der Waals surface area (Å²) in [5.41, 5.74) is 3.98. The van der Waals surface area contributed by atoms with Gasteiger partial charge in [-0.2, -0.15) is 0 Å². The zero-order valence-corrected chi connectivity index (χ0v) is 12.6. The van der Waals surface area contributed by atoms with E-state index in [9.17, 15) is 4.79 Å². The summed E-state index contributed by atoms with van der Waals surface area (Å²) in [4.78, 5) is 18.7. The zero-order chi connectivity index (χ0) is 14.7. The third kappa shape index (κ3) is 1.54. The third-order valence-electron chi connectivity index (χ3n) is 5.79. The lowest BCUT2D eigenvalue weighted by Crippen LogP contribution is -2.29. The summed E-state index contributed by atoms with van der Waals surface area (Å²) in [5, 5.41) is 1.35. The number of aryl methyl sites for hydroxylation is 1. The second-order valence-electron chi connectivity index (χ2n) is 6.86. The van der Waals surface area contributed by atoms with E-state index in [2.05, 4.69) is 46.3 Å². The summed E-state index contributed by atoms with van der Waals surface area (Å²) in [6, 6.07) is 8.83. The van der Waals surface area contributed by atoms with E-state index in [1.165, 1.54) is 22.2 Å². The fourth-order valence-corrected chi connectivity index (χ4v) is 4.84. The molecular formula is C19H20N2O. The van der Waals surface area contributed by atoms with Gasteiger partial charge in [0.2, 0.25) is 5.91 Å². The number of carbonyl (C=O) groups is 1. The van der Waals surface area contributed by atoms with Crippen LogP contribution in [0, 0.1) is 11.8 Å². The van der Waals surface area contributed by atoms with Crippen LogP contribution in [0.15, 0.2) is 36.4 Å². The van der Waals surface area contributed by atoms with Gasteiger partial charge in [0.15, 0.2) is 0 Å². The molecule has 1 N–H and O–H groups in total. The number of amides is 1. The number of nitrogens with one attached hydrogen (secondary N) is 1. The van der Waals surface area contributed by atoms with Crippen LogP contribution in [0.2, 0.25) is 0 Å². The SMILES string of the molecule is O=C1[C@@H]2CC=CC[C@H]2[C@@H]2c3[nH]c4ccccc4c3CCCN12. The van der Waals surface area contributed by atoms with Crippen molar-refractivity contribution < 1.29 is 4.79 Å². The van der Waals surface area contributed by atoms with E-state index in [4.69, 9.17) is 0 Å². The number of para-hydroxylation sites is 1. The Morgan fingerprint density at radius 3 is 2.95 bits per heavy atom.